The van der Waals surface area contributed by atoms with Gasteiger partial charge in [0.05, 0.1) is 22.5 Å². The van der Waals surface area contributed by atoms with Gasteiger partial charge in [-0.05, 0) is 34.1 Å². The number of non-ortho nitro benzene ring substituents is 1. The summed E-state index contributed by atoms with van der Waals surface area (Å²) in [6.07, 6.45) is -1.47. The van der Waals surface area contributed by atoms with Crippen LogP contribution in [-0.4, -0.2) is 21.4 Å². The van der Waals surface area contributed by atoms with Crippen molar-refractivity contribution >= 4 is 50.3 Å². The fraction of sp³-hybridized carbons (Fsp3) is 0.125. The Bertz CT molecular complexity index is 1460. The molecule has 0 saturated carbocycles. The maximum Gasteiger partial charge on any atom is 0.419 e. The Morgan fingerprint density at radius 3 is 2.51 bits per heavy atom. The highest BCUT2D eigenvalue weighted by molar-refractivity contribution is 9.10. The number of oxazole rings is 1. The Hall–Kier alpha value is -4.25. The molecular weight excluding hydrogens is 522 g/mol. The number of aromatic nitrogens is 1. The number of nitro benzene ring substituents is 1. The Kier molecular flexibility index (Phi) is 7.06. The number of carbonyl (C=O) groups excluding carboxylic acids is 2. The Morgan fingerprint density at radius 2 is 1.80 bits per heavy atom. The molecule has 1 N–H and O–H groups in total. The second kappa shape index (κ2) is 10.3. The second-order valence-corrected chi connectivity index (χ2v) is 8.28. The number of nitrogens with one attached hydrogen (secondary N) is 1. The number of para-hydroxylation sites is 2. The van der Waals surface area contributed by atoms with Crippen LogP contribution in [0, 0.1) is 10.1 Å². The molecule has 0 saturated heterocycles. The van der Waals surface area contributed by atoms with E-state index in [0.29, 0.717) is 21.1 Å². The average Bonchev–Trinajstić information content (AvgIpc) is 3.17. The number of anilines is 1. The van der Waals surface area contributed by atoms with Crippen LogP contribution in [0.25, 0.3) is 11.1 Å². The molecule has 1 amide bonds. The molecule has 178 valence electrons. The van der Waals surface area contributed by atoms with Gasteiger partial charge in [-0.1, -0.05) is 42.5 Å². The van der Waals surface area contributed by atoms with Crippen LogP contribution in [0.4, 0.5) is 11.4 Å². The topological polar surface area (TPSA) is 134 Å². The monoisotopic (exact) mass is 539 g/mol. The standard InChI is InChI=1S/C24H18BrN3O7/c25-17-14-16(28(32)33)10-11-18(17)26-23(30)22(15-6-2-1-3-7-15)35-21(29)12-13-27-19-8-4-5-9-20(19)34-24(27)31/h1-11,14,22H,12-13H2,(H,26,30)/t22-/m0/s1. The normalized spacial score (nSPS) is 11.7. The van der Waals surface area contributed by atoms with Crippen LogP contribution >= 0.6 is 15.9 Å². The van der Waals surface area contributed by atoms with Gasteiger partial charge in [0.2, 0.25) is 6.10 Å². The highest BCUT2D eigenvalue weighted by Crippen LogP contribution is 2.29. The number of rotatable bonds is 8. The van der Waals surface area contributed by atoms with Gasteiger partial charge >= 0.3 is 11.7 Å². The number of carbonyl (C=O) groups is 2. The molecule has 0 aliphatic heterocycles. The fourth-order valence-corrected chi connectivity index (χ4v) is 3.90. The molecule has 0 spiro atoms. The first kappa shape index (κ1) is 23.9. The summed E-state index contributed by atoms with van der Waals surface area (Å²) in [5.41, 5.74) is 1.51. The highest BCUT2D eigenvalue weighted by atomic mass is 79.9. The van der Waals surface area contributed by atoms with E-state index in [4.69, 9.17) is 9.15 Å². The maximum absolute atomic E-state index is 13.1. The van der Waals surface area contributed by atoms with E-state index in [1.807, 2.05) is 0 Å². The van der Waals surface area contributed by atoms with Gasteiger partial charge in [-0.25, -0.2) is 4.79 Å². The predicted molar refractivity (Wildman–Crippen MR) is 130 cm³/mol. The molecule has 0 fully saturated rings. The van der Waals surface area contributed by atoms with Gasteiger partial charge in [-0.3, -0.25) is 24.3 Å². The van der Waals surface area contributed by atoms with Crippen LogP contribution in [-0.2, 0) is 20.9 Å². The van der Waals surface area contributed by atoms with E-state index in [1.54, 1.807) is 54.6 Å². The van der Waals surface area contributed by atoms with Crippen LogP contribution in [0.2, 0.25) is 0 Å². The van der Waals surface area contributed by atoms with Crippen molar-refractivity contribution in [3.05, 3.63) is 103 Å². The van der Waals surface area contributed by atoms with E-state index in [9.17, 15) is 24.5 Å². The summed E-state index contributed by atoms with van der Waals surface area (Å²) in [6.45, 7) is 0.00566. The van der Waals surface area contributed by atoms with Gasteiger partial charge in [0, 0.05) is 28.7 Å². The van der Waals surface area contributed by atoms with E-state index >= 15 is 0 Å². The smallest absolute Gasteiger partial charge is 0.419 e. The lowest BCUT2D eigenvalue weighted by atomic mass is 10.1. The summed E-state index contributed by atoms with van der Waals surface area (Å²) in [7, 11) is 0. The van der Waals surface area contributed by atoms with Crippen LogP contribution in [0.5, 0.6) is 0 Å². The molecule has 4 rings (SSSR count). The number of esters is 1. The largest absolute Gasteiger partial charge is 0.447 e. The first-order chi connectivity index (χ1) is 16.8. The summed E-state index contributed by atoms with van der Waals surface area (Å²) < 4.78 is 12.3. The predicted octanol–water partition coefficient (Wildman–Crippen LogP) is 4.58. The van der Waals surface area contributed by atoms with Crippen molar-refractivity contribution in [2.45, 2.75) is 19.1 Å². The molecule has 1 atom stereocenters. The molecule has 0 aliphatic rings. The van der Waals surface area contributed by atoms with Gasteiger partial charge < -0.3 is 14.5 Å². The number of halogens is 1. The molecule has 4 aromatic rings. The summed E-state index contributed by atoms with van der Waals surface area (Å²) in [5, 5.41) is 13.6. The summed E-state index contributed by atoms with van der Waals surface area (Å²) in [5.74, 6) is -1.95. The third kappa shape index (κ3) is 5.46. The number of ether oxygens (including phenoxy) is 1. The lowest BCUT2D eigenvalue weighted by molar-refractivity contribution is -0.384. The number of nitrogens with zero attached hydrogens (tertiary/aromatic N) is 2. The molecule has 0 bridgehead atoms. The van der Waals surface area contributed by atoms with Gasteiger partial charge in [0.1, 0.15) is 0 Å². The van der Waals surface area contributed by atoms with Crippen LogP contribution < -0.4 is 11.1 Å². The second-order valence-electron chi connectivity index (χ2n) is 7.43. The van der Waals surface area contributed by atoms with Crippen molar-refractivity contribution in [2.75, 3.05) is 5.32 Å². The zero-order chi connectivity index (χ0) is 24.9. The van der Waals surface area contributed by atoms with E-state index < -0.39 is 28.7 Å². The van der Waals surface area contributed by atoms with Crippen molar-refractivity contribution in [1.29, 1.82) is 0 Å². The molecule has 1 aromatic heterocycles. The highest BCUT2D eigenvalue weighted by Gasteiger charge is 2.26. The van der Waals surface area contributed by atoms with Crippen LogP contribution in [0.1, 0.15) is 18.1 Å². The van der Waals surface area contributed by atoms with Crippen molar-refractivity contribution in [3.8, 4) is 0 Å². The van der Waals surface area contributed by atoms with E-state index in [1.165, 1.54) is 22.8 Å². The third-order valence-electron chi connectivity index (χ3n) is 5.12. The first-order valence-electron chi connectivity index (χ1n) is 10.4. The summed E-state index contributed by atoms with van der Waals surface area (Å²) in [6, 6.07) is 19.1. The molecule has 10 nitrogen and oxygen atoms in total. The summed E-state index contributed by atoms with van der Waals surface area (Å²) in [4.78, 5) is 48.3. The number of fused-ring (bicyclic) bond motifs is 1. The molecule has 0 unspecified atom stereocenters. The fourth-order valence-electron chi connectivity index (χ4n) is 3.44. The molecule has 0 aliphatic carbocycles. The van der Waals surface area contributed by atoms with Gasteiger partial charge in [-0.2, -0.15) is 0 Å². The zero-order valence-electron chi connectivity index (χ0n) is 18.0. The minimum absolute atomic E-state index is 0.00566. The van der Waals surface area contributed by atoms with Gasteiger partial charge in [-0.15, -0.1) is 0 Å². The van der Waals surface area contributed by atoms with E-state index in [-0.39, 0.29) is 24.3 Å². The molecule has 11 heteroatoms. The zero-order valence-corrected chi connectivity index (χ0v) is 19.6. The SMILES string of the molecule is O=C(CCn1c(=O)oc2ccccc21)O[C@H](C(=O)Nc1ccc([N+](=O)[O-])cc1Br)c1ccccc1. The molecular formula is C24H18BrN3O7. The Morgan fingerprint density at radius 1 is 1.09 bits per heavy atom. The number of nitro groups is 1. The van der Waals surface area contributed by atoms with Gasteiger partial charge in [0.25, 0.3) is 11.6 Å². The number of hydrogen-bond donors (Lipinski definition) is 1. The van der Waals surface area contributed by atoms with E-state index in [0.717, 1.165) is 0 Å². The van der Waals surface area contributed by atoms with Crippen molar-refractivity contribution in [1.82, 2.24) is 4.57 Å². The Labute approximate surface area is 206 Å². The van der Waals surface area contributed by atoms with Crippen molar-refractivity contribution < 1.29 is 23.7 Å². The lowest BCUT2D eigenvalue weighted by Gasteiger charge is -2.18. The van der Waals surface area contributed by atoms with Crippen molar-refractivity contribution in [2.24, 2.45) is 0 Å². The molecule has 1 heterocycles. The lowest BCUT2D eigenvalue weighted by Crippen LogP contribution is -2.27. The van der Waals surface area contributed by atoms with Gasteiger partial charge in [0.15, 0.2) is 5.58 Å². The minimum atomic E-state index is -1.29. The quantitative estimate of drug-likeness (QED) is 0.197. The number of benzene rings is 3. The molecule has 0 radical (unpaired) electrons. The number of aryl methyl sites for hydroxylation is 1. The maximum atomic E-state index is 13.1. The van der Waals surface area contributed by atoms with Crippen LogP contribution in [0.15, 0.2) is 86.5 Å². The van der Waals surface area contributed by atoms with Crippen LogP contribution in [0.3, 0.4) is 0 Å². The third-order valence-corrected chi connectivity index (χ3v) is 5.78. The molecule has 35 heavy (non-hydrogen) atoms. The number of hydrogen-bond acceptors (Lipinski definition) is 7. The Balaban J connectivity index is 1.50. The number of amides is 1. The average molecular weight is 540 g/mol. The van der Waals surface area contributed by atoms with E-state index in [2.05, 4.69) is 21.2 Å². The first-order valence-corrected chi connectivity index (χ1v) is 11.2. The summed E-state index contributed by atoms with van der Waals surface area (Å²) >= 11 is 3.21. The van der Waals surface area contributed by atoms with Crippen molar-refractivity contribution in [3.63, 3.8) is 0 Å². The minimum Gasteiger partial charge on any atom is -0.447 e. The molecule has 3 aromatic carbocycles.